The van der Waals surface area contributed by atoms with Crippen molar-refractivity contribution in [1.29, 1.82) is 0 Å². The van der Waals surface area contributed by atoms with Gasteiger partial charge in [0.2, 0.25) is 0 Å². The Balaban J connectivity index is 2.26. The summed E-state index contributed by atoms with van der Waals surface area (Å²) in [7, 11) is 0. The average Bonchev–Trinajstić information content (AvgIpc) is 2.28. The quantitative estimate of drug-likeness (QED) is 0.540. The minimum absolute atomic E-state index is 0.0471. The lowest BCUT2D eigenvalue weighted by Gasteiger charge is -2.23. The molecule has 1 heterocycles. The van der Waals surface area contributed by atoms with Crippen LogP contribution in [0.1, 0.15) is 20.3 Å². The average molecular weight is 168 g/mol. The van der Waals surface area contributed by atoms with Crippen LogP contribution in [0.25, 0.3) is 0 Å². The molecule has 2 unspecified atom stereocenters. The summed E-state index contributed by atoms with van der Waals surface area (Å²) < 4.78 is 18.6. The van der Waals surface area contributed by atoms with Gasteiger partial charge in [-0.05, 0) is 30.9 Å². The van der Waals surface area contributed by atoms with Gasteiger partial charge in [0.15, 0.2) is 0 Å². The maximum absolute atomic E-state index is 13.1. The normalized spacial score (nSPS) is 34.4. The summed E-state index contributed by atoms with van der Waals surface area (Å²) in [5, 5.41) is 0. The maximum atomic E-state index is 13.1. The number of allylic oxidation sites excluding steroid dienone is 3. The molecule has 0 fully saturated rings. The van der Waals surface area contributed by atoms with Crippen molar-refractivity contribution in [2.45, 2.75) is 20.3 Å². The Morgan fingerprint density at radius 1 is 1.50 bits per heavy atom. The van der Waals surface area contributed by atoms with Crippen LogP contribution >= 0.6 is 0 Å². The molecular weight excluding hydrogens is 155 g/mol. The first-order chi connectivity index (χ1) is 5.68. The number of hydrogen-bond acceptors (Lipinski definition) is 1. The first kappa shape index (κ1) is 7.84. The van der Waals surface area contributed by atoms with E-state index < -0.39 is 0 Å². The fraction of sp³-hybridized carbons (Fsp3) is 0.600. The molecule has 1 aliphatic heterocycles. The standard InChI is InChI=1S/C10H13FO/c1-6-3-8-4-9(11)7(2)10(8)12-5-6/h4,6-7H,3,5H2,1-2H3. The number of halogens is 1. The van der Waals surface area contributed by atoms with Crippen LogP contribution in [0.2, 0.25) is 0 Å². The van der Waals surface area contributed by atoms with Crippen molar-refractivity contribution in [3.05, 3.63) is 23.2 Å². The van der Waals surface area contributed by atoms with Crippen molar-refractivity contribution in [2.24, 2.45) is 11.8 Å². The third kappa shape index (κ3) is 1.06. The lowest BCUT2D eigenvalue weighted by molar-refractivity contribution is 0.132. The minimum Gasteiger partial charge on any atom is -0.497 e. The highest BCUT2D eigenvalue weighted by molar-refractivity contribution is 5.37. The predicted molar refractivity (Wildman–Crippen MR) is 45.1 cm³/mol. The van der Waals surface area contributed by atoms with Crippen LogP contribution in [0.15, 0.2) is 23.2 Å². The van der Waals surface area contributed by atoms with Crippen LogP contribution in [0.4, 0.5) is 4.39 Å². The molecule has 0 bridgehead atoms. The molecule has 0 aromatic carbocycles. The number of rotatable bonds is 0. The van der Waals surface area contributed by atoms with E-state index in [0.29, 0.717) is 5.92 Å². The first-order valence-corrected chi connectivity index (χ1v) is 4.41. The first-order valence-electron chi connectivity index (χ1n) is 4.41. The van der Waals surface area contributed by atoms with Gasteiger partial charge in [-0.3, -0.25) is 0 Å². The number of hydrogen-bond donors (Lipinski definition) is 0. The largest absolute Gasteiger partial charge is 0.497 e. The molecule has 66 valence electrons. The summed E-state index contributed by atoms with van der Waals surface area (Å²) in [6.07, 6.45) is 2.60. The zero-order valence-corrected chi connectivity index (χ0v) is 7.43. The van der Waals surface area contributed by atoms with Gasteiger partial charge in [0.1, 0.15) is 11.6 Å². The van der Waals surface area contributed by atoms with Crippen LogP contribution in [0.5, 0.6) is 0 Å². The molecule has 0 radical (unpaired) electrons. The molecule has 0 aromatic rings. The van der Waals surface area contributed by atoms with Crippen molar-refractivity contribution in [3.8, 4) is 0 Å². The molecule has 0 saturated heterocycles. The predicted octanol–water partition coefficient (Wildman–Crippen LogP) is 2.80. The van der Waals surface area contributed by atoms with E-state index in [1.54, 1.807) is 6.08 Å². The molecule has 2 rings (SSSR count). The topological polar surface area (TPSA) is 9.23 Å². The van der Waals surface area contributed by atoms with Crippen molar-refractivity contribution in [3.63, 3.8) is 0 Å². The zero-order valence-electron chi connectivity index (χ0n) is 7.43. The molecule has 2 atom stereocenters. The van der Waals surface area contributed by atoms with Gasteiger partial charge in [0.05, 0.1) is 12.5 Å². The van der Waals surface area contributed by atoms with Crippen LogP contribution in [-0.4, -0.2) is 6.61 Å². The van der Waals surface area contributed by atoms with E-state index in [1.165, 1.54) is 0 Å². The minimum atomic E-state index is -0.132. The Kier molecular flexibility index (Phi) is 1.71. The van der Waals surface area contributed by atoms with Gasteiger partial charge in [-0.25, -0.2) is 4.39 Å². The molecule has 12 heavy (non-hydrogen) atoms. The molecule has 2 heteroatoms. The van der Waals surface area contributed by atoms with E-state index in [1.807, 2.05) is 6.92 Å². The van der Waals surface area contributed by atoms with Crippen molar-refractivity contribution < 1.29 is 9.13 Å². The third-order valence-electron chi connectivity index (χ3n) is 2.53. The Hall–Kier alpha value is -0.790. The Labute approximate surface area is 71.9 Å². The smallest absolute Gasteiger partial charge is 0.111 e. The molecule has 0 N–H and O–H groups in total. The van der Waals surface area contributed by atoms with Gasteiger partial charge >= 0.3 is 0 Å². The zero-order chi connectivity index (χ0) is 8.72. The summed E-state index contributed by atoms with van der Waals surface area (Å²) in [6, 6.07) is 0. The van der Waals surface area contributed by atoms with Gasteiger partial charge in [0.25, 0.3) is 0 Å². The third-order valence-corrected chi connectivity index (χ3v) is 2.53. The van der Waals surface area contributed by atoms with Crippen molar-refractivity contribution in [2.75, 3.05) is 6.61 Å². The second-order valence-corrected chi connectivity index (χ2v) is 3.76. The van der Waals surface area contributed by atoms with Crippen LogP contribution in [0, 0.1) is 11.8 Å². The molecular formula is C10H13FO. The number of ether oxygens (including phenoxy) is 1. The molecule has 1 nitrogen and oxygen atoms in total. The summed E-state index contributed by atoms with van der Waals surface area (Å²) in [5.74, 6) is 1.21. The summed E-state index contributed by atoms with van der Waals surface area (Å²) in [5.41, 5.74) is 1.07. The van der Waals surface area contributed by atoms with Crippen LogP contribution in [-0.2, 0) is 4.74 Å². The second kappa shape index (κ2) is 2.61. The summed E-state index contributed by atoms with van der Waals surface area (Å²) >= 11 is 0. The molecule has 1 aliphatic carbocycles. The van der Waals surface area contributed by atoms with Crippen molar-refractivity contribution in [1.82, 2.24) is 0 Å². The fourth-order valence-corrected chi connectivity index (χ4v) is 1.81. The van der Waals surface area contributed by atoms with Gasteiger partial charge in [0, 0.05) is 0 Å². The SMILES string of the molecule is CC1COC2=C(C=C(F)C2C)C1. The molecule has 0 spiro atoms. The van der Waals surface area contributed by atoms with Gasteiger partial charge in [-0.2, -0.15) is 0 Å². The monoisotopic (exact) mass is 168 g/mol. The fourth-order valence-electron chi connectivity index (χ4n) is 1.81. The van der Waals surface area contributed by atoms with E-state index in [4.69, 9.17) is 4.74 Å². The van der Waals surface area contributed by atoms with E-state index in [2.05, 4.69) is 6.92 Å². The van der Waals surface area contributed by atoms with E-state index in [9.17, 15) is 4.39 Å². The molecule has 2 aliphatic rings. The van der Waals surface area contributed by atoms with Gasteiger partial charge < -0.3 is 4.74 Å². The van der Waals surface area contributed by atoms with E-state index in [-0.39, 0.29) is 11.7 Å². The summed E-state index contributed by atoms with van der Waals surface area (Å²) in [6.45, 7) is 4.72. The summed E-state index contributed by atoms with van der Waals surface area (Å²) in [4.78, 5) is 0. The highest BCUT2D eigenvalue weighted by Crippen LogP contribution is 2.38. The Morgan fingerprint density at radius 3 is 3.00 bits per heavy atom. The Bertz CT molecular complexity index is 265. The lowest BCUT2D eigenvalue weighted by atomic mass is 9.99. The van der Waals surface area contributed by atoms with Crippen LogP contribution in [0.3, 0.4) is 0 Å². The maximum Gasteiger partial charge on any atom is 0.111 e. The molecule has 0 amide bonds. The molecule has 0 aromatic heterocycles. The van der Waals surface area contributed by atoms with E-state index >= 15 is 0 Å². The van der Waals surface area contributed by atoms with E-state index in [0.717, 1.165) is 24.4 Å². The highest BCUT2D eigenvalue weighted by atomic mass is 19.1. The Morgan fingerprint density at radius 2 is 2.25 bits per heavy atom. The highest BCUT2D eigenvalue weighted by Gasteiger charge is 2.30. The van der Waals surface area contributed by atoms with Crippen molar-refractivity contribution >= 4 is 0 Å². The van der Waals surface area contributed by atoms with Gasteiger partial charge in [-0.1, -0.05) is 6.92 Å². The second-order valence-electron chi connectivity index (χ2n) is 3.76. The van der Waals surface area contributed by atoms with Crippen LogP contribution < -0.4 is 0 Å². The lowest BCUT2D eigenvalue weighted by Crippen LogP contribution is -2.15. The molecule has 0 saturated carbocycles. The van der Waals surface area contributed by atoms with Gasteiger partial charge in [-0.15, -0.1) is 0 Å².